The Morgan fingerprint density at radius 2 is 2.28 bits per heavy atom. The van der Waals surface area contributed by atoms with Gasteiger partial charge < -0.3 is 10.2 Å². The molecule has 1 aromatic carbocycles. The molecular formula is C13H16BrFN2O. The Balaban J connectivity index is 2.28. The molecule has 1 fully saturated rings. The Kier molecular flexibility index (Phi) is 4.02. The van der Waals surface area contributed by atoms with Gasteiger partial charge in [-0.25, -0.2) is 4.39 Å². The van der Waals surface area contributed by atoms with Crippen molar-refractivity contribution in [1.29, 1.82) is 0 Å². The van der Waals surface area contributed by atoms with Gasteiger partial charge >= 0.3 is 0 Å². The van der Waals surface area contributed by atoms with E-state index < -0.39 is 0 Å². The van der Waals surface area contributed by atoms with Crippen LogP contribution in [0.4, 0.5) is 10.1 Å². The molecule has 1 saturated heterocycles. The Morgan fingerprint density at radius 1 is 1.56 bits per heavy atom. The van der Waals surface area contributed by atoms with Crippen molar-refractivity contribution in [2.45, 2.75) is 26.3 Å². The van der Waals surface area contributed by atoms with Crippen molar-refractivity contribution in [1.82, 2.24) is 5.32 Å². The summed E-state index contributed by atoms with van der Waals surface area (Å²) in [6, 6.07) is 2.99. The third-order valence-corrected chi connectivity index (χ3v) is 3.79. The summed E-state index contributed by atoms with van der Waals surface area (Å²) >= 11 is 3.15. The zero-order valence-corrected chi connectivity index (χ0v) is 12.1. The van der Waals surface area contributed by atoms with E-state index in [1.807, 2.05) is 13.8 Å². The quantitative estimate of drug-likeness (QED) is 0.930. The molecule has 3 nitrogen and oxygen atoms in total. The molecule has 1 N–H and O–H groups in total. The molecule has 18 heavy (non-hydrogen) atoms. The van der Waals surface area contributed by atoms with Gasteiger partial charge in [-0.05, 0) is 53.5 Å². The van der Waals surface area contributed by atoms with Crippen molar-refractivity contribution in [3.63, 3.8) is 0 Å². The summed E-state index contributed by atoms with van der Waals surface area (Å²) < 4.78 is 14.0. The number of nitrogens with one attached hydrogen (secondary N) is 1. The minimum Gasteiger partial charge on any atom is -0.311 e. The summed E-state index contributed by atoms with van der Waals surface area (Å²) in [5, 5.41) is 3.15. The molecule has 0 spiro atoms. The molecule has 0 radical (unpaired) electrons. The van der Waals surface area contributed by atoms with E-state index >= 15 is 0 Å². The second kappa shape index (κ2) is 5.36. The molecule has 1 atom stereocenters. The van der Waals surface area contributed by atoms with Gasteiger partial charge in [0.05, 0.1) is 10.5 Å². The first-order valence-electron chi connectivity index (χ1n) is 6.05. The predicted molar refractivity (Wildman–Crippen MR) is 73.3 cm³/mol. The lowest BCUT2D eigenvalue weighted by Gasteiger charge is -2.19. The van der Waals surface area contributed by atoms with Gasteiger partial charge in [0.15, 0.2) is 0 Å². The number of amides is 1. The highest BCUT2D eigenvalue weighted by Gasteiger charge is 2.32. The first-order chi connectivity index (χ1) is 8.54. The summed E-state index contributed by atoms with van der Waals surface area (Å²) in [5.74, 6) is -0.308. The monoisotopic (exact) mass is 314 g/mol. The molecule has 0 aliphatic carbocycles. The van der Waals surface area contributed by atoms with Crippen LogP contribution in [0.3, 0.4) is 0 Å². The SMILES string of the molecule is CCNC1CCN(c2cc(F)c(Br)cc2C)C1=O. The number of nitrogens with zero attached hydrogens (tertiary/aromatic N) is 1. The highest BCUT2D eigenvalue weighted by atomic mass is 79.9. The van der Waals surface area contributed by atoms with Crippen molar-refractivity contribution in [2.75, 3.05) is 18.0 Å². The van der Waals surface area contributed by atoms with Crippen molar-refractivity contribution in [3.05, 3.63) is 28.0 Å². The van der Waals surface area contributed by atoms with Crippen LogP contribution in [0.15, 0.2) is 16.6 Å². The van der Waals surface area contributed by atoms with Crippen molar-refractivity contribution in [2.24, 2.45) is 0 Å². The topological polar surface area (TPSA) is 32.3 Å². The lowest BCUT2D eigenvalue weighted by atomic mass is 10.2. The summed E-state index contributed by atoms with van der Waals surface area (Å²) in [5.41, 5.74) is 1.56. The van der Waals surface area contributed by atoms with Crippen LogP contribution in [-0.4, -0.2) is 25.0 Å². The lowest BCUT2D eigenvalue weighted by molar-refractivity contribution is -0.118. The smallest absolute Gasteiger partial charge is 0.244 e. The first kappa shape index (κ1) is 13.5. The Hall–Kier alpha value is -0.940. The summed E-state index contributed by atoms with van der Waals surface area (Å²) in [6.45, 7) is 5.25. The molecule has 2 rings (SSSR count). The molecule has 0 aromatic heterocycles. The second-order valence-corrected chi connectivity index (χ2v) is 5.30. The maximum atomic E-state index is 13.6. The van der Waals surface area contributed by atoms with Crippen LogP contribution in [0.25, 0.3) is 0 Å². The minimum absolute atomic E-state index is 0.0293. The first-order valence-corrected chi connectivity index (χ1v) is 6.84. The van der Waals surface area contributed by atoms with Crippen LogP contribution in [0, 0.1) is 12.7 Å². The van der Waals surface area contributed by atoms with Crippen LogP contribution < -0.4 is 10.2 Å². The summed E-state index contributed by atoms with van der Waals surface area (Å²) in [7, 11) is 0. The largest absolute Gasteiger partial charge is 0.311 e. The molecule has 0 saturated carbocycles. The number of aryl methyl sites for hydroxylation is 1. The average Bonchev–Trinajstić information content (AvgIpc) is 2.67. The summed E-state index contributed by atoms with van der Waals surface area (Å²) in [4.78, 5) is 13.8. The van der Waals surface area contributed by atoms with Gasteiger partial charge in [-0.3, -0.25) is 4.79 Å². The molecule has 1 aliphatic rings. The van der Waals surface area contributed by atoms with Gasteiger partial charge in [0, 0.05) is 12.2 Å². The number of carbonyl (C=O) groups excluding carboxylic acids is 1. The fraction of sp³-hybridized carbons (Fsp3) is 0.462. The van der Waals surface area contributed by atoms with Crippen molar-refractivity contribution >= 4 is 27.5 Å². The minimum atomic E-state index is -0.338. The number of hydrogen-bond donors (Lipinski definition) is 1. The predicted octanol–water partition coefficient (Wildman–Crippen LogP) is 2.61. The van der Waals surface area contributed by atoms with Gasteiger partial charge in [0.1, 0.15) is 5.82 Å². The van der Waals surface area contributed by atoms with Crippen LogP contribution >= 0.6 is 15.9 Å². The van der Waals surface area contributed by atoms with Gasteiger partial charge in [0.2, 0.25) is 5.91 Å². The molecule has 0 bridgehead atoms. The Morgan fingerprint density at radius 3 is 2.94 bits per heavy atom. The summed E-state index contributed by atoms with van der Waals surface area (Å²) in [6.07, 6.45) is 0.768. The van der Waals surface area contributed by atoms with Gasteiger partial charge in [-0.2, -0.15) is 0 Å². The standard InChI is InChI=1S/C13H16BrFN2O/c1-3-16-11-4-5-17(13(11)18)12-7-10(15)9(14)6-8(12)2/h6-7,11,16H,3-5H2,1-2H3. The second-order valence-electron chi connectivity index (χ2n) is 4.44. The molecule has 5 heteroatoms. The third kappa shape index (κ3) is 2.42. The Bertz CT molecular complexity index is 478. The number of benzene rings is 1. The van der Waals surface area contributed by atoms with Crippen LogP contribution in [0.5, 0.6) is 0 Å². The van der Waals surface area contributed by atoms with Crippen molar-refractivity contribution in [3.8, 4) is 0 Å². The van der Waals surface area contributed by atoms with Gasteiger partial charge in [-0.1, -0.05) is 6.92 Å². The third-order valence-electron chi connectivity index (χ3n) is 3.19. The maximum Gasteiger partial charge on any atom is 0.244 e. The van der Waals surface area contributed by atoms with E-state index in [1.54, 1.807) is 11.0 Å². The number of likely N-dealkylation sites (N-methyl/N-ethyl adjacent to an activating group) is 1. The molecule has 1 unspecified atom stereocenters. The van der Waals surface area contributed by atoms with E-state index in [1.165, 1.54) is 6.07 Å². The molecule has 1 aromatic rings. The normalized spacial score (nSPS) is 19.7. The van der Waals surface area contributed by atoms with E-state index in [0.717, 1.165) is 18.5 Å². The molecule has 1 amide bonds. The Labute approximate surface area is 114 Å². The van der Waals surface area contributed by atoms with Crippen LogP contribution in [0.1, 0.15) is 18.9 Å². The fourth-order valence-electron chi connectivity index (χ4n) is 2.28. The lowest BCUT2D eigenvalue weighted by Crippen LogP contribution is -2.38. The van der Waals surface area contributed by atoms with Crippen LogP contribution in [-0.2, 0) is 4.79 Å². The number of anilines is 1. The molecule has 1 heterocycles. The van der Waals surface area contributed by atoms with Crippen molar-refractivity contribution < 1.29 is 9.18 Å². The van der Waals surface area contributed by atoms with E-state index in [4.69, 9.17) is 0 Å². The highest BCUT2D eigenvalue weighted by molar-refractivity contribution is 9.10. The number of rotatable bonds is 3. The maximum absolute atomic E-state index is 13.6. The van der Waals surface area contributed by atoms with E-state index in [2.05, 4.69) is 21.2 Å². The zero-order valence-electron chi connectivity index (χ0n) is 10.5. The molecular weight excluding hydrogens is 299 g/mol. The number of halogens is 2. The van der Waals surface area contributed by atoms with E-state index in [9.17, 15) is 9.18 Å². The highest BCUT2D eigenvalue weighted by Crippen LogP contribution is 2.29. The number of carbonyl (C=O) groups is 1. The molecule has 98 valence electrons. The van der Waals surface area contributed by atoms with E-state index in [-0.39, 0.29) is 17.8 Å². The fourth-order valence-corrected chi connectivity index (χ4v) is 2.74. The number of hydrogen-bond acceptors (Lipinski definition) is 2. The molecule has 1 aliphatic heterocycles. The zero-order chi connectivity index (χ0) is 13.3. The van der Waals surface area contributed by atoms with Gasteiger partial charge in [0.25, 0.3) is 0 Å². The van der Waals surface area contributed by atoms with Crippen LogP contribution in [0.2, 0.25) is 0 Å². The van der Waals surface area contributed by atoms with E-state index in [0.29, 0.717) is 16.7 Å². The average molecular weight is 315 g/mol. The van der Waals surface area contributed by atoms with Gasteiger partial charge in [-0.15, -0.1) is 0 Å².